The van der Waals surface area contributed by atoms with Crippen molar-refractivity contribution in [2.75, 3.05) is 13.2 Å². The first-order valence-electron chi connectivity index (χ1n) is 25.0. The van der Waals surface area contributed by atoms with Gasteiger partial charge in [0.15, 0.2) is 24.6 Å². The molecule has 0 spiro atoms. The van der Waals surface area contributed by atoms with E-state index in [0.717, 1.165) is 16.0 Å². The number of imide groups is 1. The number of aliphatic hydroxyl groups is 1. The van der Waals surface area contributed by atoms with Gasteiger partial charge in [-0.15, -0.1) is 0 Å². The van der Waals surface area contributed by atoms with Crippen molar-refractivity contribution in [3.8, 4) is 0 Å². The topological polar surface area (TPSA) is 183 Å². The lowest BCUT2D eigenvalue weighted by Crippen LogP contribution is -2.68. The Kier molecular flexibility index (Phi) is 17.0. The molecule has 1 N–H and O–H groups in total. The monoisotopic (exact) mass is 1060 g/mol. The van der Waals surface area contributed by atoms with Gasteiger partial charge in [-0.25, -0.2) is 14.4 Å². The predicted octanol–water partition coefficient (Wildman–Crippen LogP) is 8.75. The number of benzene rings is 7. The largest absolute Gasteiger partial charge is 0.452 e. The zero-order valence-electron chi connectivity index (χ0n) is 41.3. The SMILES string of the molecule is O=C(O[C@H]1[C@@H](OC(=O)c2ccccc2)[C@@H](COCc2ccccc2)O[C@@H](O[C@H]2[C@H](O)[C@@H](N3C(=O)c4ccccc4C3=O)[C@H](Sc3ccccc3)O[C@@H]2COCc2ccccc2)[C@@H]1OC(=O)c1ccccc1)c1ccccc1. The van der Waals surface area contributed by atoms with Crippen LogP contribution in [0, 0.1) is 0 Å². The van der Waals surface area contributed by atoms with Crippen LogP contribution in [-0.4, -0.2) is 113 Å². The number of rotatable bonds is 19. The standard InChI is InChI=1S/C61H53NO14S/c63-50-49(62-55(64)45-33-19-20-34-46(45)56(62)65)61(77-44-31-17-6-18-32-44)72-47(37-69-35-39-21-7-1-8-22-39)51(50)76-60-54(75-59(68)43-29-15-5-16-30-43)53(74-58(67)42-27-13-4-14-28-42)52(73-57(66)41-25-11-3-12-26-41)48(71-60)38-70-36-40-23-9-2-10-24-40/h1-34,47-54,60-61,63H,35-38H2/t47-,48-,49-,50-,51-,52+,53+,54-,60+,61+/m1/s1. The van der Waals surface area contributed by atoms with Crippen molar-refractivity contribution in [1.29, 1.82) is 0 Å². The Morgan fingerprint density at radius 1 is 0.468 bits per heavy atom. The first-order chi connectivity index (χ1) is 37.7. The summed E-state index contributed by atoms with van der Waals surface area (Å²) < 4.78 is 52.4. The molecule has 2 amide bonds. The number of thioether (sulfide) groups is 1. The lowest BCUT2D eigenvalue weighted by molar-refractivity contribution is -0.334. The van der Waals surface area contributed by atoms with Crippen molar-refractivity contribution in [3.05, 3.63) is 245 Å². The quantitative estimate of drug-likeness (QED) is 0.0461. The molecular weight excluding hydrogens is 1000 g/mol. The minimum atomic E-state index is -1.80. The number of aliphatic hydroxyl groups excluding tert-OH is 1. The van der Waals surface area contributed by atoms with E-state index in [4.69, 9.17) is 37.9 Å². The number of hydrogen-bond acceptors (Lipinski definition) is 15. The molecule has 10 rings (SSSR count). The van der Waals surface area contributed by atoms with E-state index in [9.17, 15) is 29.1 Å². The van der Waals surface area contributed by atoms with Gasteiger partial charge in [-0.2, -0.15) is 0 Å². The van der Waals surface area contributed by atoms with Crippen LogP contribution in [0.25, 0.3) is 0 Å². The summed E-state index contributed by atoms with van der Waals surface area (Å²) in [5.41, 5.74) is 1.18. The number of ether oxygens (including phenoxy) is 8. The molecule has 15 nitrogen and oxygen atoms in total. The molecule has 0 bridgehead atoms. The van der Waals surface area contributed by atoms with Crippen molar-refractivity contribution in [3.63, 3.8) is 0 Å². The number of fused-ring (bicyclic) bond motifs is 1. The van der Waals surface area contributed by atoms with Crippen LogP contribution in [-0.2, 0) is 51.1 Å². The maximum absolute atomic E-state index is 14.5. The van der Waals surface area contributed by atoms with Gasteiger partial charge in [0.05, 0.1) is 54.2 Å². The van der Waals surface area contributed by atoms with E-state index in [0.29, 0.717) is 4.90 Å². The normalized spacial score (nSPS) is 23.9. The molecule has 2 fully saturated rings. The molecule has 7 aromatic carbocycles. The fourth-order valence-corrected chi connectivity index (χ4v) is 10.6. The predicted molar refractivity (Wildman–Crippen MR) is 280 cm³/mol. The summed E-state index contributed by atoms with van der Waals surface area (Å²) in [5, 5.41) is 13.1. The average molecular weight is 1060 g/mol. The molecule has 10 atom stereocenters. The van der Waals surface area contributed by atoms with E-state index in [1.54, 1.807) is 91.0 Å². The van der Waals surface area contributed by atoms with E-state index in [1.807, 2.05) is 91.0 Å². The molecule has 0 unspecified atom stereocenters. The fraction of sp³-hybridized carbons (Fsp3) is 0.230. The van der Waals surface area contributed by atoms with Crippen LogP contribution in [0.2, 0.25) is 0 Å². The molecule has 2 saturated heterocycles. The minimum Gasteiger partial charge on any atom is -0.452 e. The molecule has 0 aromatic heterocycles. The molecule has 3 aliphatic rings. The third-order valence-electron chi connectivity index (χ3n) is 13.2. The van der Waals surface area contributed by atoms with Gasteiger partial charge in [-0.3, -0.25) is 14.5 Å². The van der Waals surface area contributed by atoms with Crippen LogP contribution in [0.1, 0.15) is 62.9 Å². The fourth-order valence-electron chi connectivity index (χ4n) is 9.40. The molecule has 0 saturated carbocycles. The van der Waals surface area contributed by atoms with Gasteiger partial charge in [-0.05, 0) is 71.8 Å². The summed E-state index contributed by atoms with van der Waals surface area (Å²) in [7, 11) is 0. The van der Waals surface area contributed by atoms with Crippen molar-refractivity contribution in [1.82, 2.24) is 4.90 Å². The summed E-state index contributed by atoms with van der Waals surface area (Å²) in [6.07, 6.45) is -12.7. The van der Waals surface area contributed by atoms with E-state index in [2.05, 4.69) is 0 Å². The zero-order valence-corrected chi connectivity index (χ0v) is 42.2. The highest BCUT2D eigenvalue weighted by molar-refractivity contribution is 7.99. The van der Waals surface area contributed by atoms with Crippen LogP contribution >= 0.6 is 11.8 Å². The summed E-state index contributed by atoms with van der Waals surface area (Å²) in [5.74, 6) is -3.92. The summed E-state index contributed by atoms with van der Waals surface area (Å²) in [4.78, 5) is 73.8. The van der Waals surface area contributed by atoms with Crippen LogP contribution in [0.5, 0.6) is 0 Å². The van der Waals surface area contributed by atoms with Crippen molar-refractivity contribution < 1.29 is 67.0 Å². The Morgan fingerprint density at radius 3 is 1.32 bits per heavy atom. The Balaban J connectivity index is 1.08. The van der Waals surface area contributed by atoms with E-state index >= 15 is 0 Å². The van der Waals surface area contributed by atoms with Crippen LogP contribution in [0.15, 0.2) is 211 Å². The third kappa shape index (κ3) is 12.4. The maximum Gasteiger partial charge on any atom is 0.338 e. The van der Waals surface area contributed by atoms with Crippen LogP contribution < -0.4 is 0 Å². The Morgan fingerprint density at radius 2 is 0.857 bits per heavy atom. The molecule has 77 heavy (non-hydrogen) atoms. The second-order valence-electron chi connectivity index (χ2n) is 18.3. The first-order valence-corrected chi connectivity index (χ1v) is 25.9. The molecular formula is C61H53NO14S. The molecule has 3 heterocycles. The van der Waals surface area contributed by atoms with E-state index in [1.165, 1.54) is 36.0 Å². The molecule has 16 heteroatoms. The second kappa shape index (κ2) is 24.9. The lowest BCUT2D eigenvalue weighted by Gasteiger charge is -2.50. The maximum atomic E-state index is 14.5. The third-order valence-corrected chi connectivity index (χ3v) is 14.4. The molecule has 392 valence electrons. The van der Waals surface area contributed by atoms with Crippen molar-refractivity contribution in [2.45, 2.75) is 78.6 Å². The number of carbonyl (C=O) groups excluding carboxylic acids is 5. The first kappa shape index (κ1) is 52.6. The molecule has 7 aromatic rings. The van der Waals surface area contributed by atoms with Gasteiger partial charge in [-0.1, -0.05) is 157 Å². The van der Waals surface area contributed by atoms with Gasteiger partial charge in [0.2, 0.25) is 0 Å². The van der Waals surface area contributed by atoms with Gasteiger partial charge in [0, 0.05) is 4.90 Å². The van der Waals surface area contributed by atoms with E-state index in [-0.39, 0.29) is 54.2 Å². The van der Waals surface area contributed by atoms with E-state index < -0.39 is 90.2 Å². The summed E-state index contributed by atoms with van der Waals surface area (Å²) in [6, 6.07) is 57.1. The number of carbonyl (C=O) groups is 5. The molecule has 3 aliphatic heterocycles. The lowest BCUT2D eigenvalue weighted by atomic mass is 9.95. The van der Waals surface area contributed by atoms with Crippen molar-refractivity contribution >= 4 is 41.5 Å². The molecule has 0 radical (unpaired) electrons. The highest BCUT2D eigenvalue weighted by Crippen LogP contribution is 2.42. The highest BCUT2D eigenvalue weighted by Gasteiger charge is 2.58. The Hall–Kier alpha value is -7.80. The average Bonchev–Trinajstić information content (AvgIpc) is 3.78. The Bertz CT molecular complexity index is 3070. The number of hydrogen-bond donors (Lipinski definition) is 1. The zero-order chi connectivity index (χ0) is 53.1. The van der Waals surface area contributed by atoms with Crippen LogP contribution in [0.4, 0.5) is 0 Å². The van der Waals surface area contributed by atoms with Gasteiger partial charge in [0.25, 0.3) is 11.8 Å². The Labute approximate surface area is 448 Å². The summed E-state index contributed by atoms with van der Waals surface area (Å²) >= 11 is 1.19. The highest BCUT2D eigenvalue weighted by atomic mass is 32.2. The van der Waals surface area contributed by atoms with Gasteiger partial charge >= 0.3 is 17.9 Å². The van der Waals surface area contributed by atoms with Crippen molar-refractivity contribution in [2.24, 2.45) is 0 Å². The minimum absolute atomic E-state index is 0.0743. The van der Waals surface area contributed by atoms with Gasteiger partial charge < -0.3 is 43.0 Å². The second-order valence-corrected chi connectivity index (χ2v) is 19.5. The van der Waals surface area contributed by atoms with Gasteiger partial charge in [0.1, 0.15) is 35.9 Å². The number of esters is 3. The summed E-state index contributed by atoms with van der Waals surface area (Å²) in [6.45, 7) is -0.330. The number of amides is 2. The van der Waals surface area contributed by atoms with Crippen LogP contribution in [0.3, 0.4) is 0 Å². The molecule has 0 aliphatic carbocycles. The number of nitrogens with zero attached hydrogens (tertiary/aromatic N) is 1. The smallest absolute Gasteiger partial charge is 0.338 e.